The minimum atomic E-state index is -0.0800. The first-order valence-corrected chi connectivity index (χ1v) is 6.57. The second-order valence-electron chi connectivity index (χ2n) is 4.94. The summed E-state index contributed by atoms with van der Waals surface area (Å²) in [5.41, 5.74) is 0.559. The Hall–Kier alpha value is -1.95. The Morgan fingerprint density at radius 1 is 1.53 bits per heavy atom. The second-order valence-corrected chi connectivity index (χ2v) is 4.94. The summed E-state index contributed by atoms with van der Waals surface area (Å²) in [4.78, 5) is 20.4. The fourth-order valence-corrected chi connectivity index (χ4v) is 2.43. The Bertz CT molecular complexity index is 593. The summed E-state index contributed by atoms with van der Waals surface area (Å²) < 4.78 is 1.75. The lowest BCUT2D eigenvalue weighted by molar-refractivity contribution is 0.0919. The van der Waals surface area contributed by atoms with E-state index >= 15 is 0 Å². The molecule has 2 aromatic rings. The predicted molar refractivity (Wildman–Crippen MR) is 70.9 cm³/mol. The van der Waals surface area contributed by atoms with Crippen LogP contribution < -0.4 is 10.6 Å². The van der Waals surface area contributed by atoms with Crippen molar-refractivity contribution in [1.82, 2.24) is 25.0 Å². The van der Waals surface area contributed by atoms with E-state index in [-0.39, 0.29) is 11.9 Å². The zero-order valence-corrected chi connectivity index (χ0v) is 10.8. The summed E-state index contributed by atoms with van der Waals surface area (Å²) in [5, 5.41) is 6.44. The van der Waals surface area contributed by atoms with Gasteiger partial charge in [0.2, 0.25) is 5.78 Å². The highest BCUT2D eigenvalue weighted by atomic mass is 16.1. The number of carbonyl (C=O) groups is 1. The second kappa shape index (κ2) is 4.97. The van der Waals surface area contributed by atoms with Gasteiger partial charge in [0.15, 0.2) is 0 Å². The van der Waals surface area contributed by atoms with Crippen molar-refractivity contribution in [2.24, 2.45) is 0 Å². The molecule has 0 aromatic carbocycles. The van der Waals surface area contributed by atoms with E-state index in [1.54, 1.807) is 29.2 Å². The van der Waals surface area contributed by atoms with Crippen molar-refractivity contribution in [3.8, 4) is 0 Å². The van der Waals surface area contributed by atoms with E-state index in [1.807, 2.05) is 0 Å². The van der Waals surface area contributed by atoms with Crippen LogP contribution >= 0.6 is 0 Å². The fraction of sp³-hybridized carbons (Fsp3) is 0.462. The average molecular weight is 259 g/mol. The van der Waals surface area contributed by atoms with Gasteiger partial charge in [-0.15, -0.1) is 0 Å². The topological polar surface area (TPSA) is 71.3 Å². The average Bonchev–Trinajstić information content (AvgIpc) is 2.88. The molecule has 2 N–H and O–H groups in total. The van der Waals surface area contributed by atoms with Gasteiger partial charge >= 0.3 is 0 Å². The van der Waals surface area contributed by atoms with Crippen molar-refractivity contribution < 1.29 is 4.79 Å². The van der Waals surface area contributed by atoms with Crippen LogP contribution in [-0.2, 0) is 0 Å². The van der Waals surface area contributed by atoms with Gasteiger partial charge in [0.1, 0.15) is 0 Å². The molecule has 2 atom stereocenters. The molecule has 19 heavy (non-hydrogen) atoms. The van der Waals surface area contributed by atoms with E-state index in [0.29, 0.717) is 17.4 Å². The van der Waals surface area contributed by atoms with E-state index in [9.17, 15) is 4.79 Å². The van der Waals surface area contributed by atoms with E-state index in [2.05, 4.69) is 27.5 Å². The molecular weight excluding hydrogens is 242 g/mol. The van der Waals surface area contributed by atoms with Crippen molar-refractivity contribution in [2.45, 2.75) is 31.8 Å². The molecule has 100 valence electrons. The largest absolute Gasteiger partial charge is 0.348 e. The van der Waals surface area contributed by atoms with E-state index < -0.39 is 0 Å². The van der Waals surface area contributed by atoms with Crippen LogP contribution in [-0.4, -0.2) is 38.9 Å². The molecule has 3 heterocycles. The van der Waals surface area contributed by atoms with Gasteiger partial charge in [-0.3, -0.25) is 9.20 Å². The number of nitrogens with one attached hydrogen (secondary N) is 2. The van der Waals surface area contributed by atoms with Crippen molar-refractivity contribution >= 4 is 11.7 Å². The van der Waals surface area contributed by atoms with Crippen LogP contribution in [0.3, 0.4) is 0 Å². The number of nitrogens with zero attached hydrogens (tertiary/aromatic N) is 3. The lowest BCUT2D eigenvalue weighted by Gasteiger charge is -2.30. The maximum atomic E-state index is 12.2. The van der Waals surface area contributed by atoms with Crippen LogP contribution in [0.5, 0.6) is 0 Å². The van der Waals surface area contributed by atoms with E-state index in [0.717, 1.165) is 19.4 Å². The third-order valence-corrected chi connectivity index (χ3v) is 3.59. The zero-order valence-electron chi connectivity index (χ0n) is 10.8. The van der Waals surface area contributed by atoms with Crippen LogP contribution in [0.2, 0.25) is 0 Å². The molecule has 0 radical (unpaired) electrons. The summed E-state index contributed by atoms with van der Waals surface area (Å²) in [6, 6.07) is 0.488. The standard InChI is InChI=1S/C13H17N5O/c1-9-11(3-2-4-14-9)17-12(19)10-7-16-13-15-5-6-18(13)8-10/h5-9,11,14H,2-4H2,1H3,(H,17,19)/t9-,11-/m0/s1. The normalized spacial score (nSPS) is 23.4. The van der Waals surface area contributed by atoms with Gasteiger partial charge in [0, 0.05) is 36.9 Å². The van der Waals surface area contributed by atoms with Crippen LogP contribution in [0.4, 0.5) is 0 Å². The summed E-state index contributed by atoms with van der Waals surface area (Å²) in [6.07, 6.45) is 8.87. The van der Waals surface area contributed by atoms with Crippen LogP contribution in [0.15, 0.2) is 24.8 Å². The number of rotatable bonds is 2. The van der Waals surface area contributed by atoms with E-state index in [1.165, 1.54) is 0 Å². The zero-order chi connectivity index (χ0) is 13.2. The summed E-state index contributed by atoms with van der Waals surface area (Å²) in [7, 11) is 0. The monoisotopic (exact) mass is 259 g/mol. The highest BCUT2D eigenvalue weighted by Crippen LogP contribution is 2.09. The first-order valence-electron chi connectivity index (χ1n) is 6.57. The van der Waals surface area contributed by atoms with Crippen LogP contribution in [0.25, 0.3) is 5.78 Å². The Morgan fingerprint density at radius 2 is 2.42 bits per heavy atom. The van der Waals surface area contributed by atoms with E-state index in [4.69, 9.17) is 0 Å². The number of piperidine rings is 1. The third kappa shape index (κ3) is 2.44. The molecule has 0 saturated carbocycles. The Balaban J connectivity index is 1.75. The molecule has 0 bridgehead atoms. The lowest BCUT2D eigenvalue weighted by atomic mass is 9.99. The number of imidazole rings is 1. The Morgan fingerprint density at radius 3 is 3.26 bits per heavy atom. The van der Waals surface area contributed by atoms with Gasteiger partial charge in [0.05, 0.1) is 5.56 Å². The molecule has 1 amide bonds. The van der Waals surface area contributed by atoms with Crippen molar-refractivity contribution in [2.75, 3.05) is 6.54 Å². The van der Waals surface area contributed by atoms with Gasteiger partial charge in [-0.05, 0) is 26.3 Å². The Kier molecular flexibility index (Phi) is 3.16. The van der Waals surface area contributed by atoms with Crippen molar-refractivity contribution in [3.63, 3.8) is 0 Å². The first-order chi connectivity index (χ1) is 9.24. The van der Waals surface area contributed by atoms with Crippen molar-refractivity contribution in [3.05, 3.63) is 30.4 Å². The highest BCUT2D eigenvalue weighted by molar-refractivity contribution is 5.94. The number of hydrogen-bond acceptors (Lipinski definition) is 4. The molecule has 2 aromatic heterocycles. The Labute approximate surface area is 111 Å². The molecule has 1 aliphatic heterocycles. The highest BCUT2D eigenvalue weighted by Gasteiger charge is 2.23. The number of amides is 1. The summed E-state index contributed by atoms with van der Waals surface area (Å²) in [5.74, 6) is 0.521. The smallest absolute Gasteiger partial charge is 0.254 e. The van der Waals surface area contributed by atoms with Crippen LogP contribution in [0.1, 0.15) is 30.1 Å². The molecule has 0 unspecified atom stereocenters. The molecule has 0 aliphatic carbocycles. The van der Waals surface area contributed by atoms with Gasteiger partial charge in [-0.1, -0.05) is 0 Å². The number of hydrogen-bond donors (Lipinski definition) is 2. The quantitative estimate of drug-likeness (QED) is 0.828. The summed E-state index contributed by atoms with van der Waals surface area (Å²) in [6.45, 7) is 3.12. The minimum Gasteiger partial charge on any atom is -0.348 e. The number of fused-ring (bicyclic) bond motifs is 1. The molecule has 0 spiro atoms. The first kappa shape index (κ1) is 12.1. The molecule has 1 fully saturated rings. The molecule has 6 nitrogen and oxygen atoms in total. The van der Waals surface area contributed by atoms with Crippen LogP contribution in [0, 0.1) is 0 Å². The van der Waals surface area contributed by atoms with Gasteiger partial charge < -0.3 is 10.6 Å². The molecule has 3 rings (SSSR count). The maximum Gasteiger partial charge on any atom is 0.254 e. The molecule has 6 heteroatoms. The number of carbonyl (C=O) groups excluding carboxylic acids is 1. The van der Waals surface area contributed by atoms with Crippen molar-refractivity contribution in [1.29, 1.82) is 0 Å². The number of aromatic nitrogens is 3. The van der Waals surface area contributed by atoms with Gasteiger partial charge in [0.25, 0.3) is 5.91 Å². The van der Waals surface area contributed by atoms with Gasteiger partial charge in [-0.2, -0.15) is 0 Å². The maximum absolute atomic E-state index is 12.2. The third-order valence-electron chi connectivity index (χ3n) is 3.59. The molecular formula is C13H17N5O. The predicted octanol–water partition coefficient (Wildman–Crippen LogP) is 0.600. The SMILES string of the molecule is C[C@@H]1NCCC[C@@H]1NC(=O)c1cnc2nccn2c1. The summed E-state index contributed by atoms with van der Waals surface area (Å²) >= 11 is 0. The molecule has 1 aliphatic rings. The van der Waals surface area contributed by atoms with Gasteiger partial charge in [-0.25, -0.2) is 9.97 Å². The fourth-order valence-electron chi connectivity index (χ4n) is 2.43. The molecule has 1 saturated heterocycles. The lowest BCUT2D eigenvalue weighted by Crippen LogP contribution is -2.51. The minimum absolute atomic E-state index is 0.0800.